The maximum absolute atomic E-state index is 12.6. The Balaban J connectivity index is 2.13. The number of nitrogens with zero attached hydrogens (tertiary/aromatic N) is 3. The van der Waals surface area contributed by atoms with Gasteiger partial charge in [0.25, 0.3) is 5.91 Å². The molecule has 1 aromatic heterocycles. The molecular formula is C14H20BrN3O2. The van der Waals surface area contributed by atoms with E-state index in [-0.39, 0.29) is 18.6 Å². The van der Waals surface area contributed by atoms with Gasteiger partial charge < -0.3 is 14.9 Å². The quantitative estimate of drug-likeness (QED) is 0.840. The lowest BCUT2D eigenvalue weighted by atomic mass is 10.0. The number of hydrogen-bond donors (Lipinski definition) is 1. The van der Waals surface area contributed by atoms with Crippen LogP contribution in [0.4, 0.5) is 0 Å². The molecule has 110 valence electrons. The lowest BCUT2D eigenvalue weighted by Crippen LogP contribution is -2.47. The molecule has 1 N–H and O–H groups in total. The average Bonchev–Trinajstić information content (AvgIpc) is 2.45. The smallest absolute Gasteiger partial charge is 0.254 e. The van der Waals surface area contributed by atoms with Gasteiger partial charge in [0.05, 0.1) is 6.61 Å². The van der Waals surface area contributed by atoms with Gasteiger partial charge in [-0.05, 0) is 61.0 Å². The molecule has 1 aliphatic heterocycles. The molecule has 20 heavy (non-hydrogen) atoms. The zero-order valence-electron chi connectivity index (χ0n) is 11.6. The second kappa shape index (κ2) is 7.15. The van der Waals surface area contributed by atoms with E-state index in [0.717, 1.165) is 25.9 Å². The Morgan fingerprint density at radius 2 is 2.25 bits per heavy atom. The van der Waals surface area contributed by atoms with Crippen LogP contribution in [-0.4, -0.2) is 65.1 Å². The van der Waals surface area contributed by atoms with E-state index in [0.29, 0.717) is 16.7 Å². The number of pyridine rings is 1. The number of hydrogen-bond acceptors (Lipinski definition) is 4. The van der Waals surface area contributed by atoms with E-state index in [9.17, 15) is 9.90 Å². The maximum atomic E-state index is 12.6. The Morgan fingerprint density at radius 3 is 2.85 bits per heavy atom. The van der Waals surface area contributed by atoms with Crippen molar-refractivity contribution in [2.75, 3.05) is 33.3 Å². The third-order valence-corrected chi connectivity index (χ3v) is 4.14. The van der Waals surface area contributed by atoms with Crippen LogP contribution < -0.4 is 0 Å². The molecule has 2 heterocycles. The molecule has 0 aliphatic carbocycles. The summed E-state index contributed by atoms with van der Waals surface area (Å²) in [6.07, 6.45) is 3.52. The predicted octanol–water partition coefficient (Wildman–Crippen LogP) is 1.37. The molecule has 1 amide bonds. The summed E-state index contributed by atoms with van der Waals surface area (Å²) in [5.74, 6) is -0.0308. The van der Waals surface area contributed by atoms with Gasteiger partial charge in [-0.25, -0.2) is 4.98 Å². The molecule has 0 aromatic carbocycles. The zero-order chi connectivity index (χ0) is 14.5. The van der Waals surface area contributed by atoms with Crippen molar-refractivity contribution in [2.24, 2.45) is 0 Å². The van der Waals surface area contributed by atoms with Crippen molar-refractivity contribution < 1.29 is 9.90 Å². The van der Waals surface area contributed by atoms with Crippen LogP contribution in [0.15, 0.2) is 22.9 Å². The molecule has 0 unspecified atom stereocenters. The minimum absolute atomic E-state index is 0.00959. The Kier molecular flexibility index (Phi) is 5.51. The predicted molar refractivity (Wildman–Crippen MR) is 80.6 cm³/mol. The van der Waals surface area contributed by atoms with Crippen molar-refractivity contribution >= 4 is 21.8 Å². The van der Waals surface area contributed by atoms with E-state index >= 15 is 0 Å². The Morgan fingerprint density at radius 1 is 1.55 bits per heavy atom. The number of piperidine rings is 1. The monoisotopic (exact) mass is 341 g/mol. The van der Waals surface area contributed by atoms with Gasteiger partial charge in [-0.2, -0.15) is 0 Å². The summed E-state index contributed by atoms with van der Waals surface area (Å²) < 4.78 is 0.649. The van der Waals surface area contributed by atoms with Crippen LogP contribution in [0.3, 0.4) is 0 Å². The highest BCUT2D eigenvalue weighted by atomic mass is 79.9. The van der Waals surface area contributed by atoms with Crippen molar-refractivity contribution in [3.63, 3.8) is 0 Å². The summed E-state index contributed by atoms with van der Waals surface area (Å²) in [7, 11) is 2.09. The zero-order valence-corrected chi connectivity index (χ0v) is 13.2. The van der Waals surface area contributed by atoms with Crippen LogP contribution in [0.25, 0.3) is 0 Å². The molecule has 0 saturated carbocycles. The van der Waals surface area contributed by atoms with Gasteiger partial charge in [-0.3, -0.25) is 4.79 Å². The van der Waals surface area contributed by atoms with Crippen LogP contribution >= 0.6 is 15.9 Å². The lowest BCUT2D eigenvalue weighted by molar-refractivity contribution is 0.0540. The first kappa shape index (κ1) is 15.4. The first-order valence-corrected chi connectivity index (χ1v) is 7.63. The lowest BCUT2D eigenvalue weighted by Gasteiger charge is -2.37. The fourth-order valence-electron chi connectivity index (χ4n) is 2.57. The van der Waals surface area contributed by atoms with E-state index in [4.69, 9.17) is 0 Å². The molecule has 0 spiro atoms. The number of amides is 1. The van der Waals surface area contributed by atoms with Crippen molar-refractivity contribution in [3.05, 3.63) is 28.5 Å². The summed E-state index contributed by atoms with van der Waals surface area (Å²) >= 11 is 3.28. The molecule has 1 saturated heterocycles. The van der Waals surface area contributed by atoms with Crippen LogP contribution in [-0.2, 0) is 0 Å². The van der Waals surface area contributed by atoms with Gasteiger partial charge in [0.15, 0.2) is 0 Å². The topological polar surface area (TPSA) is 56.7 Å². The summed E-state index contributed by atoms with van der Waals surface area (Å²) in [6, 6.07) is 3.64. The maximum Gasteiger partial charge on any atom is 0.254 e. The number of carbonyl (C=O) groups is 1. The largest absolute Gasteiger partial charge is 0.395 e. The highest BCUT2D eigenvalue weighted by Gasteiger charge is 2.27. The molecule has 0 radical (unpaired) electrons. The van der Waals surface area contributed by atoms with Gasteiger partial charge in [-0.1, -0.05) is 0 Å². The molecule has 2 rings (SSSR count). The Hall–Kier alpha value is -0.980. The van der Waals surface area contributed by atoms with E-state index in [1.165, 1.54) is 0 Å². The van der Waals surface area contributed by atoms with Gasteiger partial charge in [0.1, 0.15) is 4.60 Å². The van der Waals surface area contributed by atoms with Crippen molar-refractivity contribution in [2.45, 2.75) is 18.9 Å². The summed E-state index contributed by atoms with van der Waals surface area (Å²) in [4.78, 5) is 20.7. The minimum Gasteiger partial charge on any atom is -0.395 e. The summed E-state index contributed by atoms with van der Waals surface area (Å²) in [5, 5.41) is 9.24. The number of rotatable bonds is 4. The summed E-state index contributed by atoms with van der Waals surface area (Å²) in [6.45, 7) is 2.34. The molecule has 0 bridgehead atoms. The van der Waals surface area contributed by atoms with E-state index < -0.39 is 0 Å². The van der Waals surface area contributed by atoms with Gasteiger partial charge in [-0.15, -0.1) is 0 Å². The van der Waals surface area contributed by atoms with Gasteiger partial charge in [0, 0.05) is 24.3 Å². The second-order valence-corrected chi connectivity index (χ2v) is 5.94. The SMILES string of the molecule is CN1CCC(N(CCO)C(=O)c2ccnc(Br)c2)CC1. The third kappa shape index (κ3) is 3.77. The van der Waals surface area contributed by atoms with E-state index in [1.807, 2.05) is 0 Å². The third-order valence-electron chi connectivity index (χ3n) is 3.70. The molecule has 1 fully saturated rings. The first-order valence-electron chi connectivity index (χ1n) is 6.83. The number of carbonyl (C=O) groups excluding carboxylic acids is 1. The molecular weight excluding hydrogens is 322 g/mol. The van der Waals surface area contributed by atoms with Crippen LogP contribution in [0.5, 0.6) is 0 Å². The number of halogens is 1. The highest BCUT2D eigenvalue weighted by Crippen LogP contribution is 2.19. The molecule has 5 nitrogen and oxygen atoms in total. The average molecular weight is 342 g/mol. The van der Waals surface area contributed by atoms with Gasteiger partial charge in [0.2, 0.25) is 0 Å². The fraction of sp³-hybridized carbons (Fsp3) is 0.571. The van der Waals surface area contributed by atoms with Crippen molar-refractivity contribution in [3.8, 4) is 0 Å². The van der Waals surface area contributed by atoms with Crippen LogP contribution in [0.1, 0.15) is 23.2 Å². The Bertz CT molecular complexity index is 461. The van der Waals surface area contributed by atoms with Crippen molar-refractivity contribution in [1.82, 2.24) is 14.8 Å². The number of likely N-dealkylation sites (tertiary alicyclic amines) is 1. The van der Waals surface area contributed by atoms with Crippen LogP contribution in [0.2, 0.25) is 0 Å². The minimum atomic E-state index is -0.0308. The molecule has 1 aliphatic rings. The number of aromatic nitrogens is 1. The van der Waals surface area contributed by atoms with Crippen LogP contribution in [0, 0.1) is 0 Å². The molecule has 0 atom stereocenters. The standard InChI is InChI=1S/C14H20BrN3O2/c1-17-6-3-12(4-7-17)18(8-9-19)14(20)11-2-5-16-13(15)10-11/h2,5,10,12,19H,3-4,6-9H2,1H3. The molecule has 6 heteroatoms. The van der Waals surface area contributed by atoms with Gasteiger partial charge >= 0.3 is 0 Å². The number of aliphatic hydroxyl groups is 1. The number of aliphatic hydroxyl groups excluding tert-OH is 1. The normalized spacial score (nSPS) is 17.1. The van der Waals surface area contributed by atoms with E-state index in [2.05, 4.69) is 32.9 Å². The van der Waals surface area contributed by atoms with E-state index in [1.54, 1.807) is 23.2 Å². The molecule has 1 aromatic rings. The summed E-state index contributed by atoms with van der Waals surface area (Å²) in [5.41, 5.74) is 0.610. The highest BCUT2D eigenvalue weighted by molar-refractivity contribution is 9.10. The van der Waals surface area contributed by atoms with Crippen molar-refractivity contribution in [1.29, 1.82) is 0 Å². The second-order valence-electron chi connectivity index (χ2n) is 5.12. The Labute approximate surface area is 127 Å². The fourth-order valence-corrected chi connectivity index (χ4v) is 2.93. The first-order chi connectivity index (χ1) is 9.61.